The number of nitrogens with one attached hydrogen (secondary N) is 1. The normalized spacial score (nSPS) is 11.5. The van der Waals surface area contributed by atoms with Crippen LogP contribution in [0.4, 0.5) is 13.2 Å². The molecule has 0 aromatic carbocycles. The average molecular weight is 288 g/mol. The lowest BCUT2D eigenvalue weighted by atomic mass is 10.3. The molecule has 0 atom stereocenters. The van der Waals surface area contributed by atoms with Crippen LogP contribution in [0.5, 0.6) is 0 Å². The molecule has 0 fully saturated rings. The summed E-state index contributed by atoms with van der Waals surface area (Å²) in [5, 5.41) is 0. The minimum Gasteiger partial charge on any atom is -0.457 e. The van der Waals surface area contributed by atoms with E-state index in [2.05, 4.69) is 20.8 Å². The van der Waals surface area contributed by atoms with Crippen LogP contribution >= 0.6 is 15.9 Å². The van der Waals surface area contributed by atoms with Gasteiger partial charge in [0.2, 0.25) is 0 Å². The number of amides is 1. The molecule has 0 saturated carbocycles. The SMILES string of the molecule is O=C(NOCC(F)(F)F)c1ccoc1Br. The number of hydroxylamine groups is 1. The molecule has 0 spiro atoms. The Morgan fingerprint density at radius 1 is 1.60 bits per heavy atom. The average Bonchev–Trinajstić information content (AvgIpc) is 2.48. The third-order valence-electron chi connectivity index (χ3n) is 1.26. The maximum Gasteiger partial charge on any atom is 0.414 e. The number of alkyl halides is 3. The van der Waals surface area contributed by atoms with Gasteiger partial charge in [-0.3, -0.25) is 9.63 Å². The fourth-order valence-electron chi connectivity index (χ4n) is 0.694. The van der Waals surface area contributed by atoms with E-state index in [1.807, 2.05) is 0 Å². The van der Waals surface area contributed by atoms with Crippen molar-refractivity contribution in [2.45, 2.75) is 6.18 Å². The van der Waals surface area contributed by atoms with Gasteiger partial charge in [-0.15, -0.1) is 0 Å². The van der Waals surface area contributed by atoms with Crippen LogP contribution in [0.25, 0.3) is 0 Å². The fourth-order valence-corrected chi connectivity index (χ4v) is 1.11. The highest BCUT2D eigenvalue weighted by Crippen LogP contribution is 2.17. The number of hydrogen-bond acceptors (Lipinski definition) is 3. The Hall–Kier alpha value is -1.02. The molecule has 8 heteroatoms. The van der Waals surface area contributed by atoms with Gasteiger partial charge >= 0.3 is 6.18 Å². The Morgan fingerprint density at radius 2 is 2.27 bits per heavy atom. The molecule has 1 aromatic rings. The summed E-state index contributed by atoms with van der Waals surface area (Å²) in [7, 11) is 0. The van der Waals surface area contributed by atoms with Crippen molar-refractivity contribution in [3.8, 4) is 0 Å². The van der Waals surface area contributed by atoms with Gasteiger partial charge in [0.05, 0.1) is 11.8 Å². The fraction of sp³-hybridized carbons (Fsp3) is 0.286. The molecular formula is C7H5BrF3NO3. The summed E-state index contributed by atoms with van der Waals surface area (Å²) in [6.07, 6.45) is -3.27. The lowest BCUT2D eigenvalue weighted by Crippen LogP contribution is -2.29. The maximum atomic E-state index is 11.6. The van der Waals surface area contributed by atoms with Gasteiger partial charge in [-0.1, -0.05) is 0 Å². The van der Waals surface area contributed by atoms with Crippen LogP contribution < -0.4 is 5.48 Å². The van der Waals surface area contributed by atoms with E-state index in [0.29, 0.717) is 0 Å². The number of rotatable bonds is 3. The lowest BCUT2D eigenvalue weighted by molar-refractivity contribution is -0.184. The molecule has 1 aromatic heterocycles. The van der Waals surface area contributed by atoms with Crippen LogP contribution in [0, 0.1) is 0 Å². The summed E-state index contributed by atoms with van der Waals surface area (Å²) in [5.41, 5.74) is 1.69. The van der Waals surface area contributed by atoms with Crippen molar-refractivity contribution in [3.63, 3.8) is 0 Å². The summed E-state index contributed by atoms with van der Waals surface area (Å²) in [6, 6.07) is 1.29. The van der Waals surface area contributed by atoms with Gasteiger partial charge in [-0.25, -0.2) is 5.48 Å². The second-order valence-electron chi connectivity index (χ2n) is 2.44. The molecule has 4 nitrogen and oxygen atoms in total. The van der Waals surface area contributed by atoms with E-state index in [1.165, 1.54) is 12.3 Å². The molecule has 15 heavy (non-hydrogen) atoms. The van der Waals surface area contributed by atoms with E-state index in [1.54, 1.807) is 5.48 Å². The molecule has 0 bridgehead atoms. The summed E-state index contributed by atoms with van der Waals surface area (Å²) in [5.74, 6) is -0.820. The van der Waals surface area contributed by atoms with Crippen LogP contribution in [0.3, 0.4) is 0 Å². The first kappa shape index (κ1) is 12.1. The molecular weight excluding hydrogens is 283 g/mol. The van der Waals surface area contributed by atoms with E-state index in [4.69, 9.17) is 4.42 Å². The summed E-state index contributed by atoms with van der Waals surface area (Å²) in [4.78, 5) is 15.1. The predicted octanol–water partition coefficient (Wildman–Crippen LogP) is 2.27. The molecule has 1 amide bonds. The monoisotopic (exact) mass is 287 g/mol. The van der Waals surface area contributed by atoms with E-state index in [9.17, 15) is 18.0 Å². The third kappa shape index (κ3) is 3.92. The first-order valence-electron chi connectivity index (χ1n) is 3.62. The Morgan fingerprint density at radius 3 is 2.73 bits per heavy atom. The van der Waals surface area contributed by atoms with Crippen LogP contribution in [-0.4, -0.2) is 18.7 Å². The molecule has 0 unspecified atom stereocenters. The van der Waals surface area contributed by atoms with Gasteiger partial charge in [-0.05, 0) is 22.0 Å². The molecule has 1 N–H and O–H groups in total. The van der Waals surface area contributed by atoms with Crippen LogP contribution in [0.15, 0.2) is 21.4 Å². The molecule has 1 rings (SSSR count). The maximum absolute atomic E-state index is 11.6. The summed E-state index contributed by atoms with van der Waals surface area (Å²) < 4.78 is 39.7. The topological polar surface area (TPSA) is 51.5 Å². The summed E-state index contributed by atoms with van der Waals surface area (Å²) in [6.45, 7) is -1.55. The van der Waals surface area contributed by atoms with Gasteiger partial charge in [0.1, 0.15) is 0 Å². The summed E-state index contributed by atoms with van der Waals surface area (Å²) >= 11 is 2.89. The lowest BCUT2D eigenvalue weighted by Gasteiger charge is -2.07. The number of hydrogen-bond donors (Lipinski definition) is 1. The molecule has 84 valence electrons. The highest BCUT2D eigenvalue weighted by molar-refractivity contribution is 9.10. The molecule has 0 radical (unpaired) electrons. The second kappa shape index (κ2) is 4.67. The molecule has 0 aliphatic rings. The van der Waals surface area contributed by atoms with Gasteiger partial charge in [0.15, 0.2) is 11.3 Å². The molecule has 0 aliphatic carbocycles. The number of furan rings is 1. The Bertz CT molecular complexity index is 349. The minimum atomic E-state index is -4.49. The van der Waals surface area contributed by atoms with Crippen molar-refractivity contribution in [2.24, 2.45) is 0 Å². The Labute approximate surface area is 90.5 Å². The molecule has 1 heterocycles. The Kier molecular flexibility index (Phi) is 3.75. The van der Waals surface area contributed by atoms with Gasteiger partial charge in [0.25, 0.3) is 5.91 Å². The van der Waals surface area contributed by atoms with E-state index in [-0.39, 0.29) is 10.2 Å². The smallest absolute Gasteiger partial charge is 0.414 e. The zero-order valence-electron chi connectivity index (χ0n) is 7.10. The zero-order chi connectivity index (χ0) is 11.5. The first-order chi connectivity index (χ1) is 6.90. The van der Waals surface area contributed by atoms with Crippen molar-refractivity contribution in [2.75, 3.05) is 6.61 Å². The molecule has 0 saturated heterocycles. The standard InChI is InChI=1S/C7H5BrF3NO3/c8-5-4(1-2-14-5)6(13)12-15-3-7(9,10)11/h1-2H,3H2,(H,12,13). The van der Waals surface area contributed by atoms with Crippen LogP contribution in [-0.2, 0) is 4.84 Å². The largest absolute Gasteiger partial charge is 0.457 e. The number of carbonyl (C=O) groups excluding carboxylic acids is 1. The van der Waals surface area contributed by atoms with Crippen molar-refractivity contribution < 1.29 is 27.2 Å². The quantitative estimate of drug-likeness (QED) is 0.868. The second-order valence-corrected chi connectivity index (χ2v) is 3.16. The van der Waals surface area contributed by atoms with Crippen LogP contribution in [0.1, 0.15) is 10.4 Å². The van der Waals surface area contributed by atoms with Crippen molar-refractivity contribution >= 4 is 21.8 Å². The van der Waals surface area contributed by atoms with Gasteiger partial charge in [0, 0.05) is 0 Å². The molecule has 0 aliphatic heterocycles. The van der Waals surface area contributed by atoms with Crippen molar-refractivity contribution in [3.05, 3.63) is 22.6 Å². The highest BCUT2D eigenvalue weighted by Gasteiger charge is 2.28. The third-order valence-corrected chi connectivity index (χ3v) is 1.88. The van der Waals surface area contributed by atoms with Crippen LogP contribution in [0.2, 0.25) is 0 Å². The predicted molar refractivity (Wildman–Crippen MR) is 45.9 cm³/mol. The van der Waals surface area contributed by atoms with Gasteiger partial charge < -0.3 is 4.42 Å². The van der Waals surface area contributed by atoms with Crippen molar-refractivity contribution in [1.82, 2.24) is 5.48 Å². The van der Waals surface area contributed by atoms with E-state index < -0.39 is 18.7 Å². The minimum absolute atomic E-state index is 0.0529. The van der Waals surface area contributed by atoms with Crippen molar-refractivity contribution in [1.29, 1.82) is 0 Å². The van der Waals surface area contributed by atoms with E-state index >= 15 is 0 Å². The number of halogens is 4. The first-order valence-corrected chi connectivity index (χ1v) is 4.41. The Balaban J connectivity index is 2.41. The number of carbonyl (C=O) groups is 1. The highest BCUT2D eigenvalue weighted by atomic mass is 79.9. The zero-order valence-corrected chi connectivity index (χ0v) is 8.68. The van der Waals surface area contributed by atoms with E-state index in [0.717, 1.165) is 0 Å². The van der Waals surface area contributed by atoms with Gasteiger partial charge in [-0.2, -0.15) is 13.2 Å².